The summed E-state index contributed by atoms with van der Waals surface area (Å²) >= 11 is 5.66. The number of hydrogen-bond acceptors (Lipinski definition) is 2. The van der Waals surface area contributed by atoms with Crippen LogP contribution in [0.1, 0.15) is 0 Å². The third kappa shape index (κ3) is 1.16. The smallest absolute Gasteiger partial charge is 0.148 e. The average Bonchev–Trinajstić information content (AvgIpc) is 2.07. The first-order valence-corrected chi connectivity index (χ1v) is 3.82. The minimum absolute atomic E-state index is 0.361. The molecule has 0 aliphatic rings. The Morgan fingerprint density at radius 1 is 1.33 bits per heavy atom. The van der Waals surface area contributed by atoms with Gasteiger partial charge in [0.2, 0.25) is 0 Å². The quantitative estimate of drug-likeness (QED) is 0.559. The number of hydrogen-bond donors (Lipinski definition) is 0. The Bertz CT molecular complexity index is 430. The highest BCUT2D eigenvalue weighted by Crippen LogP contribution is 2.08. The van der Waals surface area contributed by atoms with Gasteiger partial charge in [0.15, 0.2) is 0 Å². The average molecular weight is 174 g/mol. The molecule has 0 atom stereocenters. The molecule has 2 aromatic rings. The molecule has 1 aromatic carbocycles. The highest BCUT2D eigenvalue weighted by molar-refractivity contribution is 6.38. The van der Waals surface area contributed by atoms with Gasteiger partial charge in [-0.05, 0) is 6.07 Å². The van der Waals surface area contributed by atoms with Gasteiger partial charge in [-0.2, -0.15) is 0 Å². The lowest BCUT2D eigenvalue weighted by Crippen LogP contribution is -2.05. The summed E-state index contributed by atoms with van der Waals surface area (Å²) in [6.07, 6.45) is 1.50. The third-order valence-electron chi connectivity index (χ3n) is 1.57. The fraction of sp³-hybridized carbons (Fsp3) is 0. The van der Waals surface area contributed by atoms with Crippen molar-refractivity contribution in [2.75, 3.05) is 0 Å². The van der Waals surface area contributed by atoms with E-state index >= 15 is 0 Å². The lowest BCUT2D eigenvalue weighted by molar-refractivity contribution is 1.30. The number of benzene rings is 1. The summed E-state index contributed by atoms with van der Waals surface area (Å²) in [4.78, 5) is 8.12. The molecule has 0 saturated carbocycles. The normalized spacial score (nSPS) is 10.4. The molecule has 12 heavy (non-hydrogen) atoms. The molecule has 0 amide bonds. The maximum absolute atomic E-state index is 5.66. The van der Waals surface area contributed by atoms with Crippen LogP contribution in [-0.2, 0) is 0 Å². The molecule has 0 aliphatic carbocycles. The molecule has 0 aliphatic heterocycles. The van der Waals surface area contributed by atoms with Crippen molar-refractivity contribution < 1.29 is 0 Å². The van der Waals surface area contributed by atoms with Gasteiger partial charge < -0.3 is 0 Å². The SMILES string of the molecule is [B]c1cccc2ncc(Cl)nc12. The molecule has 56 valence electrons. The lowest BCUT2D eigenvalue weighted by Gasteiger charge is -1.99. The van der Waals surface area contributed by atoms with Gasteiger partial charge >= 0.3 is 0 Å². The molecule has 0 unspecified atom stereocenters. The van der Waals surface area contributed by atoms with E-state index in [4.69, 9.17) is 19.4 Å². The number of para-hydroxylation sites is 1. The van der Waals surface area contributed by atoms with Crippen molar-refractivity contribution in [1.29, 1.82) is 0 Å². The van der Waals surface area contributed by atoms with E-state index in [1.54, 1.807) is 6.07 Å². The second-order valence-corrected chi connectivity index (χ2v) is 2.79. The second kappa shape index (κ2) is 2.75. The monoisotopic (exact) mass is 174 g/mol. The Labute approximate surface area is 76.0 Å². The highest BCUT2D eigenvalue weighted by atomic mass is 35.5. The van der Waals surface area contributed by atoms with E-state index in [2.05, 4.69) is 9.97 Å². The standard InChI is InChI=1S/C8H4BClN2/c9-5-2-1-3-6-8(5)12-7(10)4-11-6/h1-4H. The Morgan fingerprint density at radius 2 is 2.17 bits per heavy atom. The molecule has 1 heterocycles. The van der Waals surface area contributed by atoms with Crippen molar-refractivity contribution in [2.24, 2.45) is 0 Å². The van der Waals surface area contributed by atoms with Crippen LogP contribution in [0.2, 0.25) is 5.15 Å². The minimum atomic E-state index is 0.361. The zero-order valence-corrected chi connectivity index (χ0v) is 6.92. The first-order valence-electron chi connectivity index (χ1n) is 3.44. The van der Waals surface area contributed by atoms with E-state index < -0.39 is 0 Å². The van der Waals surface area contributed by atoms with E-state index in [9.17, 15) is 0 Å². The molecular weight excluding hydrogens is 170 g/mol. The summed E-state index contributed by atoms with van der Waals surface area (Å²) < 4.78 is 0. The molecule has 0 spiro atoms. The Balaban J connectivity index is 2.88. The van der Waals surface area contributed by atoms with E-state index in [0.29, 0.717) is 16.1 Å². The van der Waals surface area contributed by atoms with Crippen LogP contribution in [0.15, 0.2) is 24.4 Å². The van der Waals surface area contributed by atoms with Crippen molar-refractivity contribution in [3.8, 4) is 0 Å². The zero-order valence-electron chi connectivity index (χ0n) is 6.16. The van der Waals surface area contributed by atoms with E-state index in [1.807, 2.05) is 12.1 Å². The summed E-state index contributed by atoms with van der Waals surface area (Å²) in [6, 6.07) is 5.45. The fourth-order valence-corrected chi connectivity index (χ4v) is 1.17. The van der Waals surface area contributed by atoms with Gasteiger partial charge in [-0.1, -0.05) is 29.2 Å². The molecule has 0 bridgehead atoms. The van der Waals surface area contributed by atoms with Gasteiger partial charge in [0.25, 0.3) is 0 Å². The molecule has 0 fully saturated rings. The minimum Gasteiger partial charge on any atom is -0.251 e. The van der Waals surface area contributed by atoms with E-state index in [0.717, 1.165) is 5.52 Å². The number of nitrogens with zero attached hydrogens (tertiary/aromatic N) is 2. The van der Waals surface area contributed by atoms with Crippen molar-refractivity contribution in [3.05, 3.63) is 29.5 Å². The molecule has 2 radical (unpaired) electrons. The van der Waals surface area contributed by atoms with Crippen molar-refractivity contribution in [1.82, 2.24) is 9.97 Å². The van der Waals surface area contributed by atoms with Gasteiger partial charge in [-0.15, -0.1) is 0 Å². The van der Waals surface area contributed by atoms with Crippen LogP contribution in [0.3, 0.4) is 0 Å². The maximum atomic E-state index is 5.66. The maximum Gasteiger partial charge on any atom is 0.148 e. The largest absolute Gasteiger partial charge is 0.251 e. The predicted molar refractivity (Wildman–Crippen MR) is 49.9 cm³/mol. The highest BCUT2D eigenvalue weighted by Gasteiger charge is 1.98. The van der Waals surface area contributed by atoms with Gasteiger partial charge in [0.05, 0.1) is 17.2 Å². The van der Waals surface area contributed by atoms with Crippen LogP contribution < -0.4 is 5.46 Å². The number of fused-ring (bicyclic) bond motifs is 1. The number of rotatable bonds is 0. The van der Waals surface area contributed by atoms with E-state index in [1.165, 1.54) is 6.20 Å². The Kier molecular flexibility index (Phi) is 1.73. The lowest BCUT2D eigenvalue weighted by atomic mass is 9.95. The van der Waals surface area contributed by atoms with Gasteiger partial charge in [0, 0.05) is 0 Å². The molecule has 1 aromatic heterocycles. The van der Waals surface area contributed by atoms with Crippen molar-refractivity contribution in [3.63, 3.8) is 0 Å². The van der Waals surface area contributed by atoms with Gasteiger partial charge in [0.1, 0.15) is 13.0 Å². The molecular formula is C8H4BClN2. The summed E-state index contributed by atoms with van der Waals surface area (Å²) in [5, 5.41) is 0.361. The summed E-state index contributed by atoms with van der Waals surface area (Å²) in [5.41, 5.74) is 2.02. The number of halogens is 1. The Morgan fingerprint density at radius 3 is 3.00 bits per heavy atom. The molecule has 2 rings (SSSR count). The summed E-state index contributed by atoms with van der Waals surface area (Å²) in [6.45, 7) is 0. The van der Waals surface area contributed by atoms with Crippen molar-refractivity contribution in [2.45, 2.75) is 0 Å². The predicted octanol–water partition coefficient (Wildman–Crippen LogP) is 1.08. The molecule has 2 nitrogen and oxygen atoms in total. The van der Waals surface area contributed by atoms with Crippen LogP contribution in [-0.4, -0.2) is 17.8 Å². The molecule has 0 N–H and O–H groups in total. The second-order valence-electron chi connectivity index (χ2n) is 2.41. The van der Waals surface area contributed by atoms with Gasteiger partial charge in [-0.3, -0.25) is 4.98 Å². The first kappa shape index (κ1) is 7.56. The van der Waals surface area contributed by atoms with Crippen molar-refractivity contribution >= 4 is 35.9 Å². The zero-order chi connectivity index (χ0) is 8.55. The molecule has 4 heteroatoms. The van der Waals surface area contributed by atoms with Crippen LogP contribution in [0.4, 0.5) is 0 Å². The number of aromatic nitrogens is 2. The van der Waals surface area contributed by atoms with Crippen LogP contribution in [0.25, 0.3) is 11.0 Å². The fourth-order valence-electron chi connectivity index (χ4n) is 1.03. The Hall–Kier alpha value is -1.09. The summed E-state index contributed by atoms with van der Waals surface area (Å²) in [7, 11) is 5.66. The topological polar surface area (TPSA) is 25.8 Å². The van der Waals surface area contributed by atoms with Crippen LogP contribution in [0, 0.1) is 0 Å². The third-order valence-corrected chi connectivity index (χ3v) is 1.76. The first-order chi connectivity index (χ1) is 5.77. The molecule has 0 saturated heterocycles. The van der Waals surface area contributed by atoms with Gasteiger partial charge in [-0.25, -0.2) is 4.98 Å². The summed E-state index contributed by atoms with van der Waals surface area (Å²) in [5.74, 6) is 0. The van der Waals surface area contributed by atoms with E-state index in [-0.39, 0.29) is 0 Å². The van der Waals surface area contributed by atoms with Crippen LogP contribution in [0.5, 0.6) is 0 Å². The van der Waals surface area contributed by atoms with Crippen LogP contribution >= 0.6 is 11.6 Å².